The number of thioether (sulfide) groups is 1. The molecule has 138 valence electrons. The van der Waals surface area contributed by atoms with Crippen LogP contribution in [0.1, 0.15) is 46.5 Å². The van der Waals surface area contributed by atoms with E-state index in [2.05, 4.69) is 29.5 Å². The first-order valence-electron chi connectivity index (χ1n) is 7.84. The van der Waals surface area contributed by atoms with Gasteiger partial charge in [0, 0.05) is 17.3 Å². The molecule has 1 fully saturated rings. The smallest absolute Gasteiger partial charge is 0.357 e. The van der Waals surface area contributed by atoms with E-state index < -0.39 is 12.1 Å². The molecule has 0 aliphatic heterocycles. The highest BCUT2D eigenvalue weighted by Crippen LogP contribution is 2.37. The molecular weight excluding hydrogens is 438 g/mol. The summed E-state index contributed by atoms with van der Waals surface area (Å²) in [6.07, 6.45) is -0.505. The van der Waals surface area contributed by atoms with Crippen molar-refractivity contribution in [2.75, 3.05) is 19.3 Å². The minimum atomic E-state index is -4.05. The predicted octanol–water partition coefficient (Wildman–Crippen LogP) is 4.42. The van der Waals surface area contributed by atoms with Gasteiger partial charge in [-0.3, -0.25) is 4.99 Å². The maximum Gasteiger partial charge on any atom is 0.391 e. The summed E-state index contributed by atoms with van der Waals surface area (Å²) in [5, 5.41) is 6.46. The number of hydrogen-bond acceptors (Lipinski definition) is 2. The number of hydrogen-bond donors (Lipinski definition) is 2. The lowest BCUT2D eigenvalue weighted by atomic mass is 9.85. The van der Waals surface area contributed by atoms with E-state index in [1.165, 1.54) is 0 Å². The molecule has 2 N–H and O–H groups in total. The van der Waals surface area contributed by atoms with Gasteiger partial charge < -0.3 is 10.6 Å². The van der Waals surface area contributed by atoms with Crippen LogP contribution in [0.25, 0.3) is 0 Å². The zero-order chi connectivity index (χ0) is 16.8. The highest BCUT2D eigenvalue weighted by molar-refractivity contribution is 14.0. The van der Waals surface area contributed by atoms with Gasteiger partial charge in [0.15, 0.2) is 5.96 Å². The zero-order valence-electron chi connectivity index (χ0n) is 14.3. The average Bonchev–Trinajstić information content (AvgIpc) is 2.45. The van der Waals surface area contributed by atoms with Crippen LogP contribution in [0, 0.1) is 5.92 Å². The van der Waals surface area contributed by atoms with Crippen molar-refractivity contribution in [3.63, 3.8) is 0 Å². The van der Waals surface area contributed by atoms with Gasteiger partial charge in [-0.2, -0.15) is 24.9 Å². The van der Waals surface area contributed by atoms with Crippen molar-refractivity contribution < 1.29 is 13.2 Å². The van der Waals surface area contributed by atoms with E-state index in [1.807, 2.05) is 13.2 Å². The third kappa shape index (κ3) is 8.69. The molecule has 8 heteroatoms. The van der Waals surface area contributed by atoms with Crippen LogP contribution in [0.5, 0.6) is 0 Å². The molecule has 0 atom stereocenters. The van der Waals surface area contributed by atoms with Gasteiger partial charge in [-0.25, -0.2) is 0 Å². The Kier molecular flexibility index (Phi) is 10.3. The molecule has 23 heavy (non-hydrogen) atoms. The minimum absolute atomic E-state index is 0. The van der Waals surface area contributed by atoms with E-state index in [1.54, 1.807) is 11.8 Å². The lowest BCUT2D eigenvalue weighted by Crippen LogP contribution is -2.46. The summed E-state index contributed by atoms with van der Waals surface area (Å²) in [7, 11) is 0. The molecule has 3 nitrogen and oxygen atoms in total. The van der Waals surface area contributed by atoms with Crippen LogP contribution in [0.3, 0.4) is 0 Å². The maximum absolute atomic E-state index is 12.7. The summed E-state index contributed by atoms with van der Waals surface area (Å²) in [6.45, 7) is 7.64. The highest BCUT2D eigenvalue weighted by Gasteiger charge is 2.41. The van der Waals surface area contributed by atoms with Gasteiger partial charge in [0.2, 0.25) is 0 Å². The van der Waals surface area contributed by atoms with Gasteiger partial charge in [-0.15, -0.1) is 24.0 Å². The van der Waals surface area contributed by atoms with Gasteiger partial charge in [-0.05, 0) is 52.7 Å². The largest absolute Gasteiger partial charge is 0.391 e. The Morgan fingerprint density at radius 2 is 1.74 bits per heavy atom. The van der Waals surface area contributed by atoms with Crippen LogP contribution in [0.2, 0.25) is 0 Å². The topological polar surface area (TPSA) is 36.4 Å². The maximum atomic E-state index is 12.7. The van der Waals surface area contributed by atoms with Crippen LogP contribution >= 0.6 is 35.7 Å². The molecule has 0 aromatic carbocycles. The van der Waals surface area contributed by atoms with E-state index in [4.69, 9.17) is 0 Å². The fraction of sp³-hybridized carbons (Fsp3) is 0.933. The van der Waals surface area contributed by atoms with E-state index in [-0.39, 0.29) is 47.6 Å². The normalized spacial score (nSPS) is 23.2. The Balaban J connectivity index is 0.00000484. The van der Waals surface area contributed by atoms with Crippen molar-refractivity contribution >= 4 is 41.7 Å². The van der Waals surface area contributed by atoms with Crippen LogP contribution in [-0.4, -0.2) is 42.3 Å². The van der Waals surface area contributed by atoms with Gasteiger partial charge in [0.1, 0.15) is 0 Å². The van der Waals surface area contributed by atoms with Gasteiger partial charge >= 0.3 is 6.18 Å². The average molecular weight is 467 g/mol. The fourth-order valence-electron chi connectivity index (χ4n) is 2.41. The Hall–Kier alpha value is 0.140. The monoisotopic (exact) mass is 467 g/mol. The summed E-state index contributed by atoms with van der Waals surface area (Å²) in [6, 6.07) is 0.0776. The molecule has 1 aliphatic carbocycles. The minimum Gasteiger partial charge on any atom is -0.357 e. The van der Waals surface area contributed by atoms with Gasteiger partial charge in [0.05, 0.1) is 12.5 Å². The van der Waals surface area contributed by atoms with Crippen LogP contribution in [0.4, 0.5) is 13.2 Å². The Morgan fingerprint density at radius 1 is 1.17 bits per heavy atom. The number of rotatable bonds is 5. The molecule has 1 rings (SSSR count). The summed E-state index contributed by atoms with van der Waals surface area (Å²) in [5.74, 6) is -0.430. The van der Waals surface area contributed by atoms with Crippen LogP contribution in [-0.2, 0) is 0 Å². The van der Waals surface area contributed by atoms with Gasteiger partial charge in [-0.1, -0.05) is 0 Å². The number of guanidine groups is 1. The molecule has 0 amide bonds. The second-order valence-corrected chi connectivity index (χ2v) is 7.91. The van der Waals surface area contributed by atoms with Crippen LogP contribution < -0.4 is 10.6 Å². The van der Waals surface area contributed by atoms with E-state index in [0.29, 0.717) is 25.3 Å². The Bertz CT molecular complexity index is 367. The third-order valence-electron chi connectivity index (χ3n) is 4.05. The molecule has 0 unspecified atom stereocenters. The van der Waals surface area contributed by atoms with E-state index >= 15 is 0 Å². The van der Waals surface area contributed by atoms with Crippen molar-refractivity contribution in [3.8, 4) is 0 Å². The molecule has 0 bridgehead atoms. The molecule has 0 radical (unpaired) electrons. The van der Waals surface area contributed by atoms with E-state index in [9.17, 15) is 13.2 Å². The molecule has 0 heterocycles. The first-order chi connectivity index (χ1) is 10.2. The SMILES string of the molecule is CCNC(=NCC(C)(C)SC)NC1CCC(C(F)(F)F)CC1.I. The molecule has 0 aromatic rings. The highest BCUT2D eigenvalue weighted by atomic mass is 127. The second kappa shape index (κ2) is 10.2. The molecule has 0 spiro atoms. The van der Waals surface area contributed by atoms with Crippen LogP contribution in [0.15, 0.2) is 4.99 Å². The fourth-order valence-corrected chi connectivity index (χ4v) is 2.61. The predicted molar refractivity (Wildman–Crippen MR) is 104 cm³/mol. The quantitative estimate of drug-likeness (QED) is 0.357. The molecule has 0 saturated heterocycles. The summed E-state index contributed by atoms with van der Waals surface area (Å²) in [5.41, 5.74) is 0. The molecule has 1 aliphatic rings. The number of aliphatic imine (C=N–C) groups is 1. The lowest BCUT2D eigenvalue weighted by Gasteiger charge is -2.31. The van der Waals surface area contributed by atoms with Crippen molar-refractivity contribution in [1.29, 1.82) is 0 Å². The number of alkyl halides is 3. The Labute approximate surface area is 159 Å². The molecule has 0 aromatic heterocycles. The lowest BCUT2D eigenvalue weighted by molar-refractivity contribution is -0.182. The van der Waals surface area contributed by atoms with Crippen molar-refractivity contribution in [2.45, 2.75) is 63.4 Å². The zero-order valence-corrected chi connectivity index (χ0v) is 17.4. The van der Waals surface area contributed by atoms with Crippen molar-refractivity contribution in [3.05, 3.63) is 0 Å². The van der Waals surface area contributed by atoms with Crippen molar-refractivity contribution in [2.24, 2.45) is 10.9 Å². The molecular formula is C15H29F3IN3S. The summed E-state index contributed by atoms with van der Waals surface area (Å²) >= 11 is 1.75. The summed E-state index contributed by atoms with van der Waals surface area (Å²) in [4.78, 5) is 4.57. The van der Waals surface area contributed by atoms with E-state index in [0.717, 1.165) is 6.54 Å². The Morgan fingerprint density at radius 3 is 2.17 bits per heavy atom. The molecule has 1 saturated carbocycles. The van der Waals surface area contributed by atoms with Crippen molar-refractivity contribution in [1.82, 2.24) is 10.6 Å². The second-order valence-electron chi connectivity index (χ2n) is 6.39. The standard InChI is InChI=1S/C15H28F3N3S.HI/c1-5-19-13(20-10-14(2,3)22-4)21-12-8-6-11(7-9-12)15(16,17)18;/h11-12H,5-10H2,1-4H3,(H2,19,20,21);1H. The first-order valence-corrected chi connectivity index (χ1v) is 9.07. The number of nitrogens with one attached hydrogen (secondary N) is 2. The summed E-state index contributed by atoms with van der Waals surface area (Å²) < 4.78 is 38.1. The third-order valence-corrected chi connectivity index (χ3v) is 5.28. The number of halogens is 4. The van der Waals surface area contributed by atoms with Gasteiger partial charge in [0.25, 0.3) is 0 Å². The number of nitrogens with zero attached hydrogens (tertiary/aromatic N) is 1. The first kappa shape index (κ1) is 23.1.